The second-order valence-corrected chi connectivity index (χ2v) is 4.83. The van der Waals surface area contributed by atoms with Crippen molar-refractivity contribution in [2.24, 2.45) is 0 Å². The van der Waals surface area contributed by atoms with Crippen LogP contribution in [-0.2, 0) is 0 Å². The largest absolute Gasteiger partial charge is 0.313 e. The van der Waals surface area contributed by atoms with Crippen LogP contribution in [0.2, 0.25) is 0 Å². The minimum atomic E-state index is 0.690. The fourth-order valence-electron chi connectivity index (χ4n) is 2.61. The summed E-state index contributed by atoms with van der Waals surface area (Å²) in [6.07, 6.45) is 6.69. The fourth-order valence-corrected chi connectivity index (χ4v) is 2.61. The van der Waals surface area contributed by atoms with Gasteiger partial charge in [0.15, 0.2) is 0 Å². The standard InChI is InChI=1S/C13H28N2/c1-5-8-12(14-7-3)13(6-2)15(4)11-9-10-11/h11-14H,5-10H2,1-4H3. The molecule has 1 rings (SSSR count). The van der Waals surface area contributed by atoms with Crippen molar-refractivity contribution in [2.75, 3.05) is 13.6 Å². The lowest BCUT2D eigenvalue weighted by atomic mass is 9.99. The Bertz CT molecular complexity index is 160. The molecule has 0 spiro atoms. The van der Waals surface area contributed by atoms with Gasteiger partial charge in [-0.3, -0.25) is 4.90 Å². The van der Waals surface area contributed by atoms with Gasteiger partial charge in [-0.2, -0.15) is 0 Å². The lowest BCUT2D eigenvalue weighted by Crippen LogP contribution is -2.49. The van der Waals surface area contributed by atoms with E-state index in [1.54, 1.807) is 0 Å². The highest BCUT2D eigenvalue weighted by atomic mass is 15.2. The average Bonchev–Trinajstić information content (AvgIpc) is 3.02. The van der Waals surface area contributed by atoms with Gasteiger partial charge >= 0.3 is 0 Å². The molecule has 2 nitrogen and oxygen atoms in total. The van der Waals surface area contributed by atoms with Crippen molar-refractivity contribution in [3.05, 3.63) is 0 Å². The Labute approximate surface area is 95.4 Å². The van der Waals surface area contributed by atoms with E-state index in [0.29, 0.717) is 6.04 Å². The Balaban J connectivity index is 2.50. The van der Waals surface area contributed by atoms with Gasteiger partial charge in [0.2, 0.25) is 0 Å². The highest BCUT2D eigenvalue weighted by Crippen LogP contribution is 2.29. The molecule has 0 amide bonds. The van der Waals surface area contributed by atoms with Gasteiger partial charge in [0, 0.05) is 18.1 Å². The van der Waals surface area contributed by atoms with Gasteiger partial charge < -0.3 is 5.32 Å². The molecule has 0 heterocycles. The maximum absolute atomic E-state index is 3.66. The molecular weight excluding hydrogens is 184 g/mol. The molecule has 0 saturated heterocycles. The number of likely N-dealkylation sites (N-methyl/N-ethyl adjacent to an activating group) is 2. The third kappa shape index (κ3) is 3.76. The Hall–Kier alpha value is -0.0800. The third-order valence-corrected chi connectivity index (χ3v) is 3.59. The van der Waals surface area contributed by atoms with Gasteiger partial charge in [-0.25, -0.2) is 0 Å². The third-order valence-electron chi connectivity index (χ3n) is 3.59. The van der Waals surface area contributed by atoms with E-state index < -0.39 is 0 Å². The van der Waals surface area contributed by atoms with Gasteiger partial charge in [-0.05, 0) is 39.3 Å². The molecule has 0 bridgehead atoms. The zero-order valence-electron chi connectivity index (χ0n) is 10.9. The minimum Gasteiger partial charge on any atom is -0.313 e. The first-order valence-electron chi connectivity index (χ1n) is 6.69. The molecule has 2 heteroatoms. The topological polar surface area (TPSA) is 15.3 Å². The van der Waals surface area contributed by atoms with Crippen molar-refractivity contribution in [1.29, 1.82) is 0 Å². The van der Waals surface area contributed by atoms with Crippen LogP contribution < -0.4 is 5.32 Å². The van der Waals surface area contributed by atoms with Crippen LogP contribution in [0, 0.1) is 0 Å². The molecule has 2 atom stereocenters. The van der Waals surface area contributed by atoms with E-state index in [0.717, 1.165) is 18.6 Å². The van der Waals surface area contributed by atoms with Crippen molar-refractivity contribution in [2.45, 2.75) is 71.0 Å². The Morgan fingerprint density at radius 2 is 1.93 bits per heavy atom. The normalized spacial score (nSPS) is 20.6. The zero-order chi connectivity index (χ0) is 11.3. The van der Waals surface area contributed by atoms with E-state index in [9.17, 15) is 0 Å². The van der Waals surface area contributed by atoms with E-state index in [1.165, 1.54) is 32.1 Å². The Morgan fingerprint density at radius 3 is 2.33 bits per heavy atom. The lowest BCUT2D eigenvalue weighted by Gasteiger charge is -2.34. The molecule has 0 aromatic rings. The van der Waals surface area contributed by atoms with Crippen molar-refractivity contribution < 1.29 is 0 Å². The molecule has 90 valence electrons. The summed E-state index contributed by atoms with van der Waals surface area (Å²) >= 11 is 0. The van der Waals surface area contributed by atoms with E-state index in [2.05, 4.69) is 38.0 Å². The first-order valence-corrected chi connectivity index (χ1v) is 6.69. The summed E-state index contributed by atoms with van der Waals surface area (Å²) in [5.74, 6) is 0. The summed E-state index contributed by atoms with van der Waals surface area (Å²) in [7, 11) is 2.31. The van der Waals surface area contributed by atoms with Crippen molar-refractivity contribution in [1.82, 2.24) is 10.2 Å². The fraction of sp³-hybridized carbons (Fsp3) is 1.00. The minimum absolute atomic E-state index is 0.690. The molecular formula is C13H28N2. The average molecular weight is 212 g/mol. The first kappa shape index (κ1) is 13.0. The van der Waals surface area contributed by atoms with Crippen LogP contribution in [0.1, 0.15) is 52.9 Å². The van der Waals surface area contributed by atoms with Gasteiger partial charge in [-0.15, -0.1) is 0 Å². The maximum atomic E-state index is 3.66. The summed E-state index contributed by atoms with van der Waals surface area (Å²) in [5, 5.41) is 3.66. The molecule has 0 aliphatic heterocycles. The monoisotopic (exact) mass is 212 g/mol. The molecule has 0 aromatic carbocycles. The number of rotatable bonds is 8. The second kappa shape index (κ2) is 6.49. The number of nitrogens with one attached hydrogen (secondary N) is 1. The van der Waals surface area contributed by atoms with Crippen molar-refractivity contribution in [3.8, 4) is 0 Å². The molecule has 15 heavy (non-hydrogen) atoms. The van der Waals surface area contributed by atoms with Gasteiger partial charge in [0.25, 0.3) is 0 Å². The van der Waals surface area contributed by atoms with Crippen LogP contribution in [0.5, 0.6) is 0 Å². The maximum Gasteiger partial charge on any atom is 0.0246 e. The molecule has 0 aromatic heterocycles. The van der Waals surface area contributed by atoms with Gasteiger partial charge in [0.1, 0.15) is 0 Å². The molecule has 1 saturated carbocycles. The van der Waals surface area contributed by atoms with Crippen LogP contribution in [0.4, 0.5) is 0 Å². The molecule has 2 unspecified atom stereocenters. The van der Waals surface area contributed by atoms with E-state index in [1.807, 2.05) is 0 Å². The predicted molar refractivity (Wildman–Crippen MR) is 67.2 cm³/mol. The molecule has 1 aliphatic rings. The highest BCUT2D eigenvalue weighted by Gasteiger charge is 2.33. The van der Waals surface area contributed by atoms with Crippen molar-refractivity contribution >= 4 is 0 Å². The Kier molecular flexibility index (Phi) is 5.62. The molecule has 1 aliphatic carbocycles. The van der Waals surface area contributed by atoms with E-state index >= 15 is 0 Å². The quantitative estimate of drug-likeness (QED) is 0.665. The highest BCUT2D eigenvalue weighted by molar-refractivity contribution is 4.91. The van der Waals surface area contributed by atoms with Gasteiger partial charge in [0.05, 0.1) is 0 Å². The van der Waals surface area contributed by atoms with Crippen LogP contribution in [0.3, 0.4) is 0 Å². The SMILES string of the molecule is CCCC(NCC)C(CC)N(C)C1CC1. The van der Waals surface area contributed by atoms with Crippen LogP contribution >= 0.6 is 0 Å². The molecule has 1 fully saturated rings. The Morgan fingerprint density at radius 1 is 1.27 bits per heavy atom. The summed E-state index contributed by atoms with van der Waals surface area (Å²) in [6.45, 7) is 7.92. The van der Waals surface area contributed by atoms with Crippen LogP contribution in [0.15, 0.2) is 0 Å². The van der Waals surface area contributed by atoms with Crippen LogP contribution in [-0.4, -0.2) is 36.6 Å². The predicted octanol–water partition coefficient (Wildman–Crippen LogP) is 2.64. The lowest BCUT2D eigenvalue weighted by molar-refractivity contribution is 0.172. The second-order valence-electron chi connectivity index (χ2n) is 4.83. The van der Waals surface area contributed by atoms with Crippen LogP contribution in [0.25, 0.3) is 0 Å². The van der Waals surface area contributed by atoms with E-state index in [-0.39, 0.29) is 0 Å². The smallest absolute Gasteiger partial charge is 0.0246 e. The van der Waals surface area contributed by atoms with Gasteiger partial charge in [-0.1, -0.05) is 27.2 Å². The number of hydrogen-bond donors (Lipinski definition) is 1. The summed E-state index contributed by atoms with van der Waals surface area (Å²) in [5.41, 5.74) is 0. The van der Waals surface area contributed by atoms with Crippen molar-refractivity contribution in [3.63, 3.8) is 0 Å². The number of nitrogens with zero attached hydrogens (tertiary/aromatic N) is 1. The summed E-state index contributed by atoms with van der Waals surface area (Å²) < 4.78 is 0. The first-order chi connectivity index (χ1) is 7.24. The molecule has 0 radical (unpaired) electrons. The van der Waals surface area contributed by atoms with E-state index in [4.69, 9.17) is 0 Å². The molecule has 1 N–H and O–H groups in total. The summed E-state index contributed by atoms with van der Waals surface area (Å²) in [4.78, 5) is 2.61. The summed E-state index contributed by atoms with van der Waals surface area (Å²) in [6, 6.07) is 2.31. The number of hydrogen-bond acceptors (Lipinski definition) is 2. The zero-order valence-corrected chi connectivity index (χ0v) is 10.9.